The fourth-order valence-corrected chi connectivity index (χ4v) is 1.55. The maximum absolute atomic E-state index is 11.0. The molecule has 2 aromatic rings. The normalized spacial score (nSPS) is 10.2. The van der Waals surface area contributed by atoms with Crippen LogP contribution in [0.25, 0.3) is 11.3 Å². The van der Waals surface area contributed by atoms with Crippen LogP contribution in [0.5, 0.6) is 0 Å². The van der Waals surface area contributed by atoms with Gasteiger partial charge in [0.05, 0.1) is 4.92 Å². The van der Waals surface area contributed by atoms with Crippen molar-refractivity contribution in [1.29, 1.82) is 0 Å². The van der Waals surface area contributed by atoms with Crippen molar-refractivity contribution < 1.29 is 4.92 Å². The highest BCUT2D eigenvalue weighted by Gasteiger charge is 2.18. The molecule has 0 aliphatic rings. The van der Waals surface area contributed by atoms with Crippen molar-refractivity contribution in [2.75, 3.05) is 11.9 Å². The average Bonchev–Trinajstić information content (AvgIpc) is 2.45. The molecule has 0 saturated heterocycles. The number of nitrogens with zero attached hydrogens (tertiary/aromatic N) is 4. The van der Waals surface area contributed by atoms with Crippen molar-refractivity contribution in [1.82, 2.24) is 15.0 Å². The molecule has 0 spiro atoms. The maximum atomic E-state index is 11.0. The summed E-state index contributed by atoms with van der Waals surface area (Å²) >= 11 is 0. The SMILES string of the molecule is CCCNc1ncc([N+](=O)[O-])c(-c2ccncc2)n1. The van der Waals surface area contributed by atoms with E-state index in [-0.39, 0.29) is 5.69 Å². The van der Waals surface area contributed by atoms with Gasteiger partial charge in [-0.3, -0.25) is 15.1 Å². The van der Waals surface area contributed by atoms with Gasteiger partial charge in [0.2, 0.25) is 5.95 Å². The van der Waals surface area contributed by atoms with Gasteiger partial charge in [-0.15, -0.1) is 0 Å². The number of rotatable bonds is 5. The summed E-state index contributed by atoms with van der Waals surface area (Å²) in [5, 5.41) is 14.0. The van der Waals surface area contributed by atoms with Crippen LogP contribution in [0.15, 0.2) is 30.7 Å². The molecule has 7 nitrogen and oxygen atoms in total. The molecule has 2 heterocycles. The fourth-order valence-electron chi connectivity index (χ4n) is 1.55. The highest BCUT2D eigenvalue weighted by atomic mass is 16.6. The van der Waals surface area contributed by atoms with Crippen molar-refractivity contribution in [3.63, 3.8) is 0 Å². The van der Waals surface area contributed by atoms with E-state index in [1.54, 1.807) is 24.5 Å². The quantitative estimate of drug-likeness (QED) is 0.653. The molecular formula is C12H13N5O2. The van der Waals surface area contributed by atoms with Crippen LogP contribution in [0.3, 0.4) is 0 Å². The highest BCUT2D eigenvalue weighted by molar-refractivity contribution is 5.69. The van der Waals surface area contributed by atoms with Gasteiger partial charge in [-0.1, -0.05) is 6.92 Å². The second-order valence-corrected chi connectivity index (χ2v) is 3.85. The zero-order chi connectivity index (χ0) is 13.7. The summed E-state index contributed by atoms with van der Waals surface area (Å²) in [6, 6.07) is 3.36. The molecular weight excluding hydrogens is 246 g/mol. The Kier molecular flexibility index (Phi) is 3.97. The van der Waals surface area contributed by atoms with E-state index >= 15 is 0 Å². The molecule has 0 unspecified atom stereocenters. The second-order valence-electron chi connectivity index (χ2n) is 3.85. The lowest BCUT2D eigenvalue weighted by atomic mass is 10.2. The number of aromatic nitrogens is 3. The van der Waals surface area contributed by atoms with Crippen molar-refractivity contribution >= 4 is 11.6 Å². The van der Waals surface area contributed by atoms with Gasteiger partial charge in [0.25, 0.3) is 0 Å². The van der Waals surface area contributed by atoms with Gasteiger partial charge in [0.15, 0.2) is 5.69 Å². The molecule has 0 aromatic carbocycles. The van der Waals surface area contributed by atoms with E-state index in [1.165, 1.54) is 6.20 Å². The van der Waals surface area contributed by atoms with Crippen LogP contribution in [0, 0.1) is 10.1 Å². The predicted molar refractivity (Wildman–Crippen MR) is 70.7 cm³/mol. The summed E-state index contributed by atoms with van der Waals surface area (Å²) in [6.45, 7) is 2.73. The lowest BCUT2D eigenvalue weighted by Crippen LogP contribution is -2.06. The first-order valence-corrected chi connectivity index (χ1v) is 5.88. The number of anilines is 1. The first-order valence-electron chi connectivity index (χ1n) is 5.88. The molecule has 0 radical (unpaired) electrons. The average molecular weight is 259 g/mol. The minimum absolute atomic E-state index is 0.117. The van der Waals surface area contributed by atoms with Crippen LogP contribution in [0.1, 0.15) is 13.3 Å². The number of hydrogen-bond acceptors (Lipinski definition) is 6. The summed E-state index contributed by atoms with van der Waals surface area (Å²) < 4.78 is 0. The Morgan fingerprint density at radius 3 is 2.74 bits per heavy atom. The summed E-state index contributed by atoms with van der Waals surface area (Å²) in [5.74, 6) is 0.388. The summed E-state index contributed by atoms with van der Waals surface area (Å²) in [5.41, 5.74) is 0.818. The Balaban J connectivity index is 2.45. The van der Waals surface area contributed by atoms with Gasteiger partial charge >= 0.3 is 5.69 Å². The van der Waals surface area contributed by atoms with Gasteiger partial charge in [0, 0.05) is 24.5 Å². The number of nitrogens with one attached hydrogen (secondary N) is 1. The molecule has 2 rings (SSSR count). The monoisotopic (exact) mass is 259 g/mol. The summed E-state index contributed by atoms with van der Waals surface area (Å²) in [6.07, 6.45) is 5.28. The van der Waals surface area contributed by atoms with E-state index < -0.39 is 4.92 Å². The van der Waals surface area contributed by atoms with Crippen LogP contribution in [0.2, 0.25) is 0 Å². The lowest BCUT2D eigenvalue weighted by molar-refractivity contribution is -0.384. The second kappa shape index (κ2) is 5.85. The van der Waals surface area contributed by atoms with E-state index in [0.29, 0.717) is 23.8 Å². The number of pyridine rings is 1. The van der Waals surface area contributed by atoms with Gasteiger partial charge in [0.1, 0.15) is 6.20 Å². The van der Waals surface area contributed by atoms with Crippen LogP contribution >= 0.6 is 0 Å². The smallest absolute Gasteiger partial charge is 0.313 e. The van der Waals surface area contributed by atoms with Crippen LogP contribution in [0.4, 0.5) is 11.6 Å². The predicted octanol–water partition coefficient (Wildman–Crippen LogP) is 2.27. The first kappa shape index (κ1) is 12.9. The van der Waals surface area contributed by atoms with E-state index in [4.69, 9.17) is 0 Å². The minimum atomic E-state index is -0.487. The van der Waals surface area contributed by atoms with Crippen molar-refractivity contribution in [2.45, 2.75) is 13.3 Å². The first-order chi connectivity index (χ1) is 9.22. The molecule has 2 aromatic heterocycles. The maximum Gasteiger partial charge on any atom is 0.313 e. The third-order valence-corrected chi connectivity index (χ3v) is 2.45. The van der Waals surface area contributed by atoms with Gasteiger partial charge in [-0.2, -0.15) is 0 Å². The van der Waals surface area contributed by atoms with Gasteiger partial charge < -0.3 is 5.32 Å². The van der Waals surface area contributed by atoms with E-state index in [2.05, 4.69) is 20.3 Å². The Hall–Kier alpha value is -2.57. The molecule has 0 aliphatic carbocycles. The fraction of sp³-hybridized carbons (Fsp3) is 0.250. The molecule has 19 heavy (non-hydrogen) atoms. The van der Waals surface area contributed by atoms with Crippen molar-refractivity contribution in [3.8, 4) is 11.3 Å². The van der Waals surface area contributed by atoms with Crippen molar-refractivity contribution in [3.05, 3.63) is 40.8 Å². The van der Waals surface area contributed by atoms with Gasteiger partial charge in [-0.25, -0.2) is 9.97 Å². The largest absolute Gasteiger partial charge is 0.354 e. The molecule has 98 valence electrons. The molecule has 0 atom stereocenters. The standard InChI is InChI=1S/C12H13N5O2/c1-2-5-14-12-15-8-10(17(18)19)11(16-12)9-3-6-13-7-4-9/h3-4,6-8H,2,5H2,1H3,(H,14,15,16). The lowest BCUT2D eigenvalue weighted by Gasteiger charge is -2.06. The van der Waals surface area contributed by atoms with E-state index in [1.807, 2.05) is 6.92 Å². The van der Waals surface area contributed by atoms with Gasteiger partial charge in [-0.05, 0) is 18.6 Å². The van der Waals surface area contributed by atoms with E-state index in [0.717, 1.165) is 6.42 Å². The van der Waals surface area contributed by atoms with E-state index in [9.17, 15) is 10.1 Å². The Bertz CT molecular complexity index is 574. The number of nitro groups is 1. The molecule has 0 bridgehead atoms. The van der Waals surface area contributed by atoms with Crippen LogP contribution < -0.4 is 5.32 Å². The van der Waals surface area contributed by atoms with Crippen LogP contribution in [-0.2, 0) is 0 Å². The Morgan fingerprint density at radius 1 is 1.37 bits per heavy atom. The molecule has 7 heteroatoms. The van der Waals surface area contributed by atoms with Crippen LogP contribution in [-0.4, -0.2) is 26.4 Å². The van der Waals surface area contributed by atoms with Crippen molar-refractivity contribution in [2.24, 2.45) is 0 Å². The third kappa shape index (κ3) is 3.01. The zero-order valence-corrected chi connectivity index (χ0v) is 10.4. The number of hydrogen-bond donors (Lipinski definition) is 1. The minimum Gasteiger partial charge on any atom is -0.354 e. The third-order valence-electron chi connectivity index (χ3n) is 2.45. The molecule has 0 saturated carbocycles. The molecule has 0 aliphatic heterocycles. The topological polar surface area (TPSA) is 93.8 Å². The summed E-state index contributed by atoms with van der Waals surface area (Å²) in [4.78, 5) is 22.6. The molecule has 0 amide bonds. The molecule has 1 N–H and O–H groups in total. The Labute approximate surface area is 109 Å². The summed E-state index contributed by atoms with van der Waals surface area (Å²) in [7, 11) is 0. The Morgan fingerprint density at radius 2 is 2.11 bits per heavy atom. The zero-order valence-electron chi connectivity index (χ0n) is 10.4. The molecule has 0 fully saturated rings. The highest BCUT2D eigenvalue weighted by Crippen LogP contribution is 2.27.